The second-order valence-electron chi connectivity index (χ2n) is 29.2. The number of ketones is 1. The van der Waals surface area contributed by atoms with Crippen LogP contribution in [0.2, 0.25) is 0 Å². The molecule has 612 valence electrons. The summed E-state index contributed by atoms with van der Waals surface area (Å²) in [5, 5.41) is 8.48. The fourth-order valence-electron chi connectivity index (χ4n) is 13.7. The van der Waals surface area contributed by atoms with E-state index in [1.165, 1.54) is 5.69 Å². The highest BCUT2D eigenvalue weighted by Crippen LogP contribution is 2.42. The first-order chi connectivity index (χ1) is 54.8. The van der Waals surface area contributed by atoms with Gasteiger partial charge in [0.25, 0.3) is 11.8 Å². The first-order valence-corrected chi connectivity index (χ1v) is 39.6. The molecule has 7 amide bonds. The number of hydrogen-bond donors (Lipinski definition) is 3. The number of ether oxygens (including phenoxy) is 11. The number of likely N-dealkylation sites (N-methyl/N-ethyl adjacent to an activating group) is 1. The minimum absolute atomic E-state index is 0.0472. The molecule has 6 heterocycles. The van der Waals surface area contributed by atoms with E-state index in [2.05, 4.69) is 57.1 Å². The van der Waals surface area contributed by atoms with Gasteiger partial charge in [0.1, 0.15) is 5.75 Å². The van der Waals surface area contributed by atoms with E-state index in [4.69, 9.17) is 62.1 Å². The summed E-state index contributed by atoms with van der Waals surface area (Å²) in [6.07, 6.45) is 11.3. The number of anilines is 2. The van der Waals surface area contributed by atoms with E-state index in [1.54, 1.807) is 61.2 Å². The first-order valence-electron chi connectivity index (χ1n) is 39.6. The zero-order chi connectivity index (χ0) is 80.0. The SMILES string of the molecule is COc1cc2c(cc1OCCCCCOc1cc3c(cc1C)C(=O)N1C=C(c4ccc(NC(=O)[C@H](C)CC(=O)[C@@H](NC(=O)CCOCCOCCOCCOCCOCCOCCOCCOCCNC(=O)CCN5C(=O)CC(C)C5=O)C(C)C)cc4)C[C@H]1C=N3)N=C[C@@H]1CC(c3ccc(N4CCN(C)CC4)cc3)=CN1C2=O. The summed E-state index contributed by atoms with van der Waals surface area (Å²) >= 11 is 0. The van der Waals surface area contributed by atoms with Crippen LogP contribution in [0.15, 0.2) is 95.2 Å². The molecule has 4 aromatic carbocycles. The Balaban J connectivity index is 0.527. The summed E-state index contributed by atoms with van der Waals surface area (Å²) in [4.78, 5) is 123. The molecule has 6 aliphatic rings. The van der Waals surface area contributed by atoms with Gasteiger partial charge in [-0.15, -0.1) is 0 Å². The van der Waals surface area contributed by atoms with E-state index in [-0.39, 0.29) is 116 Å². The lowest BCUT2D eigenvalue weighted by atomic mass is 9.92. The number of carbonyl (C=O) groups is 8. The van der Waals surface area contributed by atoms with Crippen molar-refractivity contribution >= 4 is 93.5 Å². The molecule has 0 saturated carbocycles. The molecule has 29 heteroatoms. The zero-order valence-corrected chi connectivity index (χ0v) is 66.4. The maximum absolute atomic E-state index is 14.2. The van der Waals surface area contributed by atoms with Crippen molar-refractivity contribution in [3.8, 4) is 17.2 Å². The number of aryl methyl sites for hydroxylation is 1. The van der Waals surface area contributed by atoms with Crippen LogP contribution in [-0.2, 0) is 66.7 Å². The van der Waals surface area contributed by atoms with E-state index < -0.39 is 12.0 Å². The van der Waals surface area contributed by atoms with Crippen LogP contribution in [0, 0.1) is 24.7 Å². The number of fused-ring (bicyclic) bond motifs is 4. The van der Waals surface area contributed by atoms with Gasteiger partial charge >= 0.3 is 0 Å². The minimum atomic E-state index is -0.782. The molecule has 29 nitrogen and oxygen atoms in total. The molecule has 0 bridgehead atoms. The van der Waals surface area contributed by atoms with E-state index in [1.807, 2.05) is 63.7 Å². The number of hydrogen-bond acceptors (Lipinski definition) is 23. The predicted octanol–water partition coefficient (Wildman–Crippen LogP) is 8.43. The third-order valence-electron chi connectivity index (χ3n) is 20.3. The van der Waals surface area contributed by atoms with Crippen molar-refractivity contribution in [3.05, 3.63) is 113 Å². The molecule has 5 atom stereocenters. The molecule has 0 aliphatic carbocycles. The van der Waals surface area contributed by atoms with Gasteiger partial charge in [-0.05, 0) is 103 Å². The average Bonchev–Trinajstić information content (AvgIpc) is 1.63. The topological polar surface area (TPSA) is 315 Å². The number of likely N-dealkylation sites (tertiary alicyclic amines) is 1. The predicted molar refractivity (Wildman–Crippen MR) is 426 cm³/mol. The van der Waals surface area contributed by atoms with Crippen LogP contribution in [0.3, 0.4) is 0 Å². The number of methoxy groups -OCH3 is 1. The van der Waals surface area contributed by atoms with Crippen LogP contribution < -0.4 is 35.1 Å². The van der Waals surface area contributed by atoms with Gasteiger partial charge in [0.05, 0.1) is 167 Å². The average molecular weight is 1570 g/mol. The summed E-state index contributed by atoms with van der Waals surface area (Å²) in [6.45, 7) is 20.2. The molecule has 113 heavy (non-hydrogen) atoms. The van der Waals surface area contributed by atoms with Gasteiger partial charge in [-0.3, -0.25) is 53.2 Å². The second-order valence-corrected chi connectivity index (χ2v) is 29.2. The Morgan fingerprint density at radius 2 is 1.04 bits per heavy atom. The molecule has 4 aromatic rings. The fraction of sp³-hybridized carbons (Fsp3) is 0.548. The van der Waals surface area contributed by atoms with Gasteiger partial charge < -0.3 is 87.7 Å². The maximum Gasteiger partial charge on any atom is 0.260 e. The van der Waals surface area contributed by atoms with E-state index in [9.17, 15) is 38.4 Å². The largest absolute Gasteiger partial charge is 0.493 e. The molecular formula is C84H112N10O19. The number of carbonyl (C=O) groups excluding carboxylic acids is 8. The molecule has 2 fully saturated rings. The number of aliphatic imine (C=N–C) groups is 2. The van der Waals surface area contributed by atoms with Crippen molar-refractivity contribution < 1.29 is 90.5 Å². The van der Waals surface area contributed by atoms with Gasteiger partial charge in [0.15, 0.2) is 17.3 Å². The van der Waals surface area contributed by atoms with Gasteiger partial charge in [-0.1, -0.05) is 52.0 Å². The molecule has 6 aliphatic heterocycles. The highest BCUT2D eigenvalue weighted by atomic mass is 16.6. The number of nitrogens with zero attached hydrogens (tertiary/aromatic N) is 7. The number of unbranched alkanes of at least 4 members (excludes halogenated alkanes) is 2. The summed E-state index contributed by atoms with van der Waals surface area (Å²) in [6, 6.07) is 22.0. The normalized spacial score (nSPS) is 17.8. The van der Waals surface area contributed by atoms with E-state index in [0.29, 0.717) is 171 Å². The van der Waals surface area contributed by atoms with Crippen LogP contribution in [0.4, 0.5) is 22.7 Å². The quantitative estimate of drug-likeness (QED) is 0.0276. The summed E-state index contributed by atoms with van der Waals surface area (Å²) in [5.41, 5.74) is 8.64. The van der Waals surface area contributed by atoms with Crippen LogP contribution in [0.25, 0.3) is 11.1 Å². The van der Waals surface area contributed by atoms with Crippen molar-refractivity contribution in [3.63, 3.8) is 0 Å². The Labute approximate surface area is 662 Å². The summed E-state index contributed by atoms with van der Waals surface area (Å²) in [7, 11) is 3.73. The monoisotopic (exact) mass is 1560 g/mol. The lowest BCUT2D eigenvalue weighted by Gasteiger charge is -2.34. The summed E-state index contributed by atoms with van der Waals surface area (Å²) < 4.78 is 62.5. The van der Waals surface area contributed by atoms with Crippen molar-refractivity contribution in [2.45, 2.75) is 111 Å². The standard InChI is InChI=1S/C84H112N10O19/c1-57(2)80(89-78(97)20-29-104-31-33-106-35-37-108-39-41-110-43-44-111-42-40-109-38-36-107-34-32-105-30-21-85-77(96)19-22-92-79(98)47-60(5)82(92)100)73(95)46-59(4)81(99)88-65-15-11-61(12-16-65)63-48-67-53-86-71-51-74(58(3)45-69(71)83(101)93(67)55-63)112-27-9-8-10-28-113-76-52-72-70(50-75(76)103-7)84(102)94-56-64(49-68(94)54-87-72)62-13-17-66(18-14-62)91-25-23-90(6)24-26-91/h11-18,45,50-57,59-60,67-68,80H,8-10,19-44,46-49H2,1-7H3,(H,85,96)(H,88,99)(H,89,97)/t59-,60?,67+,68+,80+/m1/s1. The smallest absolute Gasteiger partial charge is 0.260 e. The Hall–Kier alpha value is -9.30. The molecule has 1 unspecified atom stereocenters. The highest BCUT2D eigenvalue weighted by Gasteiger charge is 2.38. The van der Waals surface area contributed by atoms with Gasteiger partial charge in [-0.2, -0.15) is 0 Å². The van der Waals surface area contributed by atoms with Gasteiger partial charge in [0.2, 0.25) is 29.5 Å². The molecule has 10 rings (SSSR count). The Morgan fingerprint density at radius 1 is 0.549 bits per heavy atom. The Morgan fingerprint density at radius 3 is 1.56 bits per heavy atom. The maximum atomic E-state index is 14.2. The van der Waals surface area contributed by atoms with E-state index >= 15 is 0 Å². The number of rotatable bonds is 49. The number of benzene rings is 4. The number of piperazine rings is 1. The number of imide groups is 1. The lowest BCUT2D eigenvalue weighted by Crippen LogP contribution is -2.45. The van der Waals surface area contributed by atoms with Crippen LogP contribution in [0.5, 0.6) is 17.2 Å². The number of amides is 7. The molecule has 0 radical (unpaired) electrons. The Kier molecular flexibility index (Phi) is 33.8. The molecule has 0 spiro atoms. The zero-order valence-electron chi connectivity index (χ0n) is 66.4. The molecule has 2 saturated heterocycles. The van der Waals surface area contributed by atoms with Gasteiger partial charge in [0, 0.05) is 138 Å². The first kappa shape index (κ1) is 86.1. The van der Waals surface area contributed by atoms with E-state index in [0.717, 1.165) is 78.2 Å². The molecule has 3 N–H and O–H groups in total. The molecule has 0 aromatic heterocycles. The van der Waals surface area contributed by atoms with Crippen molar-refractivity contribution in [1.29, 1.82) is 0 Å². The number of nitrogens with one attached hydrogen (secondary N) is 3. The van der Waals surface area contributed by atoms with Crippen LogP contribution in [0.1, 0.15) is 123 Å². The third-order valence-corrected chi connectivity index (χ3v) is 20.3. The minimum Gasteiger partial charge on any atom is -0.493 e. The second kappa shape index (κ2) is 44.4. The molecular weight excluding hydrogens is 1450 g/mol. The lowest BCUT2D eigenvalue weighted by molar-refractivity contribution is -0.139. The highest BCUT2D eigenvalue weighted by molar-refractivity contribution is 6.07. The van der Waals surface area contributed by atoms with Crippen LogP contribution in [-0.4, -0.2) is 270 Å². The number of Topliss-reactive ketones (excluding diaryl/α,β-unsaturated/α-hetero) is 1. The van der Waals surface area contributed by atoms with Crippen LogP contribution >= 0.6 is 0 Å². The van der Waals surface area contributed by atoms with Crippen molar-refractivity contribution in [2.75, 3.05) is 183 Å². The van der Waals surface area contributed by atoms with Gasteiger partial charge in [-0.25, -0.2) is 0 Å². The summed E-state index contributed by atoms with van der Waals surface area (Å²) in [5.74, 6) is -1.48. The third kappa shape index (κ3) is 25.6. The van der Waals surface area contributed by atoms with Crippen molar-refractivity contribution in [1.82, 2.24) is 30.2 Å². The fourth-order valence-corrected chi connectivity index (χ4v) is 13.7. The van der Waals surface area contributed by atoms with Crippen molar-refractivity contribution in [2.24, 2.45) is 27.7 Å². The Bertz CT molecular complexity index is 3990.